The van der Waals surface area contributed by atoms with Crippen LogP contribution in [0.4, 0.5) is 8.78 Å². The van der Waals surface area contributed by atoms with Gasteiger partial charge in [-0.05, 0) is 56.2 Å². The maximum atomic E-state index is 14.0. The molecular formula is C20H28F2O2. The second kappa shape index (κ2) is 9.77. The van der Waals surface area contributed by atoms with Gasteiger partial charge in [-0.25, -0.2) is 4.39 Å². The van der Waals surface area contributed by atoms with Crippen molar-refractivity contribution in [3.63, 3.8) is 0 Å². The molecule has 1 aliphatic rings. The van der Waals surface area contributed by atoms with Crippen molar-refractivity contribution in [1.29, 1.82) is 0 Å². The lowest BCUT2D eigenvalue weighted by Gasteiger charge is -2.22. The number of aryl methyl sites for hydroxylation is 1. The van der Waals surface area contributed by atoms with Gasteiger partial charge in [0.05, 0.1) is 19.3 Å². The van der Waals surface area contributed by atoms with E-state index in [9.17, 15) is 8.78 Å². The number of benzene rings is 1. The molecule has 1 aliphatic heterocycles. The Morgan fingerprint density at radius 3 is 2.62 bits per heavy atom. The van der Waals surface area contributed by atoms with Crippen molar-refractivity contribution >= 4 is 0 Å². The Labute approximate surface area is 143 Å². The van der Waals surface area contributed by atoms with Gasteiger partial charge in [0.25, 0.3) is 0 Å². The minimum Gasteiger partial charge on any atom is -0.491 e. The maximum Gasteiger partial charge on any atom is 0.200 e. The van der Waals surface area contributed by atoms with Crippen LogP contribution < -0.4 is 4.74 Å². The zero-order valence-electron chi connectivity index (χ0n) is 14.7. The third-order valence-corrected chi connectivity index (χ3v) is 4.39. The topological polar surface area (TPSA) is 18.5 Å². The lowest BCUT2D eigenvalue weighted by atomic mass is 10.00. The first-order valence-electron chi connectivity index (χ1n) is 9.04. The first kappa shape index (κ1) is 18.9. The van der Waals surface area contributed by atoms with E-state index in [0.717, 1.165) is 45.1 Å². The lowest BCUT2D eigenvalue weighted by molar-refractivity contribution is 0.0526. The van der Waals surface area contributed by atoms with E-state index in [1.165, 1.54) is 11.6 Å². The van der Waals surface area contributed by atoms with Gasteiger partial charge >= 0.3 is 0 Å². The van der Waals surface area contributed by atoms with Crippen LogP contribution in [-0.4, -0.2) is 19.3 Å². The van der Waals surface area contributed by atoms with Crippen molar-refractivity contribution in [2.75, 3.05) is 13.2 Å². The molecule has 2 rings (SSSR count). The molecule has 1 atom stereocenters. The first-order chi connectivity index (χ1) is 11.7. The van der Waals surface area contributed by atoms with Crippen LogP contribution in [0, 0.1) is 11.6 Å². The molecule has 1 aromatic rings. The van der Waals surface area contributed by atoms with Crippen LogP contribution in [0.2, 0.25) is 0 Å². The smallest absolute Gasteiger partial charge is 0.200 e. The third kappa shape index (κ3) is 5.30. The molecule has 0 radical (unpaired) electrons. The van der Waals surface area contributed by atoms with E-state index in [1.807, 2.05) is 0 Å². The summed E-state index contributed by atoms with van der Waals surface area (Å²) in [5.74, 6) is -1.66. The van der Waals surface area contributed by atoms with Crippen LogP contribution in [-0.2, 0) is 11.2 Å². The Kier molecular flexibility index (Phi) is 7.70. The highest BCUT2D eigenvalue weighted by Crippen LogP contribution is 2.25. The lowest BCUT2D eigenvalue weighted by Crippen LogP contribution is -2.18. The second-order valence-electron chi connectivity index (χ2n) is 6.31. The van der Waals surface area contributed by atoms with Crippen LogP contribution in [0.3, 0.4) is 0 Å². The van der Waals surface area contributed by atoms with Crippen LogP contribution >= 0.6 is 0 Å². The Hall–Kier alpha value is -1.42. The summed E-state index contributed by atoms with van der Waals surface area (Å²) in [6, 6.07) is 3.14. The van der Waals surface area contributed by atoms with E-state index < -0.39 is 11.6 Å². The molecule has 4 heteroatoms. The van der Waals surface area contributed by atoms with E-state index in [1.54, 1.807) is 13.0 Å². The average Bonchev–Trinajstić information content (AvgIpc) is 2.59. The summed E-state index contributed by atoms with van der Waals surface area (Å²) in [5.41, 5.74) is 1.83. The van der Waals surface area contributed by atoms with Crippen LogP contribution in [0.1, 0.15) is 57.9 Å². The predicted octanol–water partition coefficient (Wildman–Crippen LogP) is 5.59. The van der Waals surface area contributed by atoms with Gasteiger partial charge in [-0.3, -0.25) is 0 Å². The van der Waals surface area contributed by atoms with Crippen molar-refractivity contribution in [3.8, 4) is 5.75 Å². The fourth-order valence-corrected chi connectivity index (χ4v) is 3.07. The largest absolute Gasteiger partial charge is 0.491 e. The van der Waals surface area contributed by atoms with Crippen LogP contribution in [0.25, 0.3) is 0 Å². The van der Waals surface area contributed by atoms with Crippen molar-refractivity contribution < 1.29 is 18.3 Å². The minimum atomic E-state index is -0.876. The molecule has 2 nitrogen and oxygen atoms in total. The first-order valence-corrected chi connectivity index (χ1v) is 9.04. The predicted molar refractivity (Wildman–Crippen MR) is 92.4 cm³/mol. The summed E-state index contributed by atoms with van der Waals surface area (Å²) in [6.45, 7) is 5.00. The van der Waals surface area contributed by atoms with E-state index >= 15 is 0 Å². The van der Waals surface area contributed by atoms with E-state index in [-0.39, 0.29) is 11.9 Å². The molecule has 0 saturated carbocycles. The van der Waals surface area contributed by atoms with E-state index in [4.69, 9.17) is 9.47 Å². The summed E-state index contributed by atoms with van der Waals surface area (Å²) in [6.07, 6.45) is 9.12. The number of halogens is 2. The molecular weight excluding hydrogens is 310 g/mol. The molecule has 0 fully saturated rings. The third-order valence-electron chi connectivity index (χ3n) is 4.39. The maximum absolute atomic E-state index is 14.0. The van der Waals surface area contributed by atoms with Gasteiger partial charge in [0.15, 0.2) is 11.6 Å². The number of rotatable bonds is 9. The van der Waals surface area contributed by atoms with Gasteiger partial charge in [0.1, 0.15) is 0 Å². The molecule has 1 heterocycles. The number of hydrogen-bond acceptors (Lipinski definition) is 2. The Bertz CT molecular complexity index is 555. The van der Waals surface area contributed by atoms with Crippen molar-refractivity contribution in [2.45, 2.75) is 64.9 Å². The summed E-state index contributed by atoms with van der Waals surface area (Å²) in [5, 5.41) is 0. The molecule has 0 N–H and O–H groups in total. The highest BCUT2D eigenvalue weighted by atomic mass is 19.2. The fraction of sp³-hybridized carbons (Fsp3) is 0.600. The zero-order valence-corrected chi connectivity index (χ0v) is 14.7. The molecule has 0 amide bonds. The summed E-state index contributed by atoms with van der Waals surface area (Å²) in [4.78, 5) is 0. The quantitative estimate of drug-likeness (QED) is 0.431. The Morgan fingerprint density at radius 1 is 1.12 bits per heavy atom. The molecule has 1 aromatic carbocycles. The monoisotopic (exact) mass is 338 g/mol. The van der Waals surface area contributed by atoms with Crippen molar-refractivity contribution in [1.82, 2.24) is 0 Å². The fourth-order valence-electron chi connectivity index (χ4n) is 3.07. The zero-order chi connectivity index (χ0) is 17.4. The summed E-state index contributed by atoms with van der Waals surface area (Å²) >= 11 is 0. The van der Waals surface area contributed by atoms with Gasteiger partial charge in [-0.1, -0.05) is 31.9 Å². The molecule has 0 aromatic heterocycles. The van der Waals surface area contributed by atoms with Crippen LogP contribution in [0.5, 0.6) is 5.75 Å². The number of hydrogen-bond donors (Lipinski definition) is 0. The van der Waals surface area contributed by atoms with Crippen LogP contribution in [0.15, 0.2) is 23.8 Å². The normalized spacial score (nSPS) is 17.7. The molecule has 0 spiro atoms. The SMILES string of the molecule is CCCC1=CCC(CCCCc2ccc(OCC)c(F)c2F)OC1. The molecule has 24 heavy (non-hydrogen) atoms. The van der Waals surface area contributed by atoms with E-state index in [0.29, 0.717) is 18.6 Å². The highest BCUT2D eigenvalue weighted by molar-refractivity contribution is 5.31. The molecule has 0 bridgehead atoms. The van der Waals surface area contributed by atoms with E-state index in [2.05, 4.69) is 13.0 Å². The molecule has 134 valence electrons. The summed E-state index contributed by atoms with van der Waals surface area (Å²) < 4.78 is 38.7. The second-order valence-corrected chi connectivity index (χ2v) is 6.31. The Balaban J connectivity index is 1.74. The summed E-state index contributed by atoms with van der Waals surface area (Å²) in [7, 11) is 0. The van der Waals surface area contributed by atoms with Gasteiger partial charge in [-0.15, -0.1) is 0 Å². The van der Waals surface area contributed by atoms with Crippen molar-refractivity contribution in [3.05, 3.63) is 41.0 Å². The van der Waals surface area contributed by atoms with Gasteiger partial charge in [-0.2, -0.15) is 4.39 Å². The molecule has 1 unspecified atom stereocenters. The number of ether oxygens (including phenoxy) is 2. The molecule has 0 aliphatic carbocycles. The molecule has 0 saturated heterocycles. The number of unbranched alkanes of at least 4 members (excludes halogenated alkanes) is 1. The van der Waals surface area contributed by atoms with Crippen molar-refractivity contribution in [2.24, 2.45) is 0 Å². The minimum absolute atomic E-state index is 0.0102. The standard InChI is InChI=1S/C20H28F2O2/c1-3-7-15-10-12-17(24-14-15)9-6-5-8-16-11-13-18(23-4-2)20(22)19(16)21/h10-11,13,17H,3-9,12,14H2,1-2H3. The highest BCUT2D eigenvalue weighted by Gasteiger charge is 2.16. The van der Waals surface area contributed by atoms with Gasteiger partial charge < -0.3 is 9.47 Å². The van der Waals surface area contributed by atoms with Gasteiger partial charge in [0, 0.05) is 0 Å². The van der Waals surface area contributed by atoms with Gasteiger partial charge in [0.2, 0.25) is 5.82 Å². The Morgan fingerprint density at radius 2 is 1.96 bits per heavy atom. The average molecular weight is 338 g/mol.